The van der Waals surface area contributed by atoms with Crippen molar-refractivity contribution in [2.45, 2.75) is 31.0 Å². The van der Waals surface area contributed by atoms with Crippen LogP contribution in [0.5, 0.6) is 11.8 Å². The minimum atomic E-state index is -0.342. The maximum Gasteiger partial charge on any atom is 0.247 e. The van der Waals surface area contributed by atoms with Crippen molar-refractivity contribution in [3.05, 3.63) is 71.3 Å². The number of aromatic hydroxyl groups is 2. The Morgan fingerprint density at radius 1 is 1.26 bits per heavy atom. The molecule has 2 bridgehead atoms. The summed E-state index contributed by atoms with van der Waals surface area (Å²) in [4.78, 5) is 12.4. The van der Waals surface area contributed by atoms with Crippen LogP contribution in [0.4, 0.5) is 0 Å². The van der Waals surface area contributed by atoms with Gasteiger partial charge in [-0.2, -0.15) is 0 Å². The first-order valence-corrected chi connectivity index (χ1v) is 9.05. The lowest BCUT2D eigenvalue weighted by Crippen LogP contribution is -2.48. The van der Waals surface area contributed by atoms with Crippen LogP contribution >= 0.6 is 0 Å². The van der Waals surface area contributed by atoms with Crippen molar-refractivity contribution in [1.29, 1.82) is 0 Å². The fourth-order valence-electron chi connectivity index (χ4n) is 4.30. The van der Waals surface area contributed by atoms with E-state index in [1.807, 2.05) is 36.4 Å². The first-order valence-electron chi connectivity index (χ1n) is 9.05. The predicted molar refractivity (Wildman–Crippen MR) is 103 cm³/mol. The minimum absolute atomic E-state index is 0.0198. The molecule has 27 heavy (non-hydrogen) atoms. The standard InChI is InChI=1S/C21H23N3O3/c1-3-7-14-16-13(19(25)22-2)10-15(23-14)17-18(16)21(27)24(20(17)26)11-12-8-5-4-6-9-12/h3-6,8-10,14-16,23,26-27H,1,7,11H2,2H3,(H,22,25). The number of carbonyl (C=O) groups is 1. The number of nitrogens with one attached hydrogen (secondary N) is 2. The van der Waals surface area contributed by atoms with Crippen molar-refractivity contribution >= 4 is 5.91 Å². The molecule has 3 atom stereocenters. The lowest BCUT2D eigenvalue weighted by molar-refractivity contribution is -0.117. The van der Waals surface area contributed by atoms with E-state index < -0.39 is 0 Å². The SMILES string of the molecule is C=CCC1NC2C=C(C(=O)NC)C1c1c2c(O)n(Cc2ccccc2)c1O. The molecular formula is C21H23N3O3. The van der Waals surface area contributed by atoms with Crippen LogP contribution in [0.25, 0.3) is 0 Å². The third kappa shape index (κ3) is 2.64. The first-order chi connectivity index (χ1) is 13.1. The summed E-state index contributed by atoms with van der Waals surface area (Å²) in [5.74, 6) is -0.448. The number of amides is 1. The zero-order chi connectivity index (χ0) is 19.1. The van der Waals surface area contributed by atoms with E-state index in [2.05, 4.69) is 17.2 Å². The lowest BCUT2D eigenvalue weighted by Gasteiger charge is -2.42. The van der Waals surface area contributed by atoms with Gasteiger partial charge in [0.2, 0.25) is 5.91 Å². The molecule has 3 aliphatic rings. The summed E-state index contributed by atoms with van der Waals surface area (Å²) in [7, 11) is 1.60. The topological polar surface area (TPSA) is 86.5 Å². The molecule has 3 heterocycles. The summed E-state index contributed by atoms with van der Waals surface area (Å²) in [5.41, 5.74) is 2.88. The van der Waals surface area contributed by atoms with Crippen molar-refractivity contribution in [3.63, 3.8) is 0 Å². The third-order valence-corrected chi connectivity index (χ3v) is 5.48. The number of likely N-dealkylation sites (N-methyl/N-ethyl adjacent to an activating group) is 1. The second-order valence-corrected chi connectivity index (χ2v) is 7.00. The van der Waals surface area contributed by atoms with Gasteiger partial charge in [0.25, 0.3) is 0 Å². The van der Waals surface area contributed by atoms with Gasteiger partial charge in [-0.3, -0.25) is 9.36 Å². The number of carbonyl (C=O) groups excluding carboxylic acids is 1. The number of fused-ring (bicyclic) bond motifs is 1. The van der Waals surface area contributed by atoms with Crippen molar-refractivity contribution in [2.75, 3.05) is 7.05 Å². The van der Waals surface area contributed by atoms with Crippen molar-refractivity contribution in [3.8, 4) is 11.8 Å². The van der Waals surface area contributed by atoms with Gasteiger partial charge < -0.3 is 20.8 Å². The molecule has 0 fully saturated rings. The monoisotopic (exact) mass is 365 g/mol. The Hall–Kier alpha value is -2.99. The zero-order valence-electron chi connectivity index (χ0n) is 15.1. The molecule has 5 rings (SSSR count). The van der Waals surface area contributed by atoms with Gasteiger partial charge in [0.1, 0.15) is 0 Å². The highest BCUT2D eigenvalue weighted by atomic mass is 16.3. The predicted octanol–water partition coefficient (Wildman–Crippen LogP) is 2.31. The number of hydrogen-bond donors (Lipinski definition) is 4. The molecule has 0 radical (unpaired) electrons. The molecule has 6 heteroatoms. The number of rotatable bonds is 5. The molecular weight excluding hydrogens is 342 g/mol. The highest BCUT2D eigenvalue weighted by molar-refractivity contribution is 5.96. The first kappa shape index (κ1) is 17.4. The van der Waals surface area contributed by atoms with Crippen molar-refractivity contribution in [2.24, 2.45) is 0 Å². The molecule has 3 unspecified atom stereocenters. The summed E-state index contributed by atoms with van der Waals surface area (Å²) in [6.07, 6.45) is 4.30. The van der Waals surface area contributed by atoms with Crippen molar-refractivity contribution < 1.29 is 15.0 Å². The number of benzene rings is 1. The highest BCUT2D eigenvalue weighted by Crippen LogP contribution is 2.53. The van der Waals surface area contributed by atoms with E-state index in [1.165, 1.54) is 4.57 Å². The van der Waals surface area contributed by atoms with Crippen LogP contribution < -0.4 is 10.6 Å². The molecule has 1 aromatic carbocycles. The van der Waals surface area contributed by atoms with E-state index in [9.17, 15) is 15.0 Å². The van der Waals surface area contributed by atoms with Gasteiger partial charge in [-0.05, 0) is 12.0 Å². The van der Waals surface area contributed by atoms with Crippen LogP contribution in [-0.4, -0.2) is 33.8 Å². The van der Waals surface area contributed by atoms with E-state index in [0.717, 1.165) is 5.56 Å². The van der Waals surface area contributed by atoms with Gasteiger partial charge in [-0.15, -0.1) is 6.58 Å². The van der Waals surface area contributed by atoms with E-state index in [0.29, 0.717) is 29.7 Å². The molecule has 0 spiro atoms. The second kappa shape index (κ2) is 6.63. The van der Waals surface area contributed by atoms with Crippen LogP contribution in [0.1, 0.15) is 35.1 Å². The molecule has 2 aliphatic heterocycles. The summed E-state index contributed by atoms with van der Waals surface area (Å²) in [5, 5.41) is 28.0. The largest absolute Gasteiger partial charge is 0.494 e. The third-order valence-electron chi connectivity index (χ3n) is 5.48. The smallest absolute Gasteiger partial charge is 0.247 e. The Morgan fingerprint density at radius 2 is 1.96 bits per heavy atom. The average Bonchev–Trinajstić information content (AvgIpc) is 2.95. The molecule has 1 aromatic heterocycles. The molecule has 4 N–H and O–H groups in total. The van der Waals surface area contributed by atoms with Crippen LogP contribution in [0.2, 0.25) is 0 Å². The summed E-state index contributed by atoms with van der Waals surface area (Å²) >= 11 is 0. The van der Waals surface area contributed by atoms with Crippen LogP contribution in [0, 0.1) is 0 Å². The van der Waals surface area contributed by atoms with Crippen LogP contribution in [0.3, 0.4) is 0 Å². The molecule has 140 valence electrons. The van der Waals surface area contributed by atoms with E-state index in [1.54, 1.807) is 13.1 Å². The molecule has 1 aliphatic carbocycles. The maximum atomic E-state index is 12.4. The Labute approximate surface area is 157 Å². The van der Waals surface area contributed by atoms with E-state index >= 15 is 0 Å². The van der Waals surface area contributed by atoms with E-state index in [-0.39, 0.29) is 35.7 Å². The van der Waals surface area contributed by atoms with Gasteiger partial charge in [-0.25, -0.2) is 0 Å². The van der Waals surface area contributed by atoms with Gasteiger partial charge in [0.15, 0.2) is 11.8 Å². The van der Waals surface area contributed by atoms with Crippen LogP contribution in [-0.2, 0) is 11.3 Å². The zero-order valence-corrected chi connectivity index (χ0v) is 15.1. The van der Waals surface area contributed by atoms with Crippen molar-refractivity contribution in [1.82, 2.24) is 15.2 Å². The quantitative estimate of drug-likeness (QED) is 0.613. The Balaban J connectivity index is 1.82. The molecule has 0 saturated carbocycles. The fraction of sp³-hybridized carbons (Fsp3) is 0.286. The molecule has 2 aromatic rings. The lowest BCUT2D eigenvalue weighted by atomic mass is 9.72. The number of hydrogen-bond acceptors (Lipinski definition) is 4. The summed E-state index contributed by atoms with van der Waals surface area (Å²) in [6, 6.07) is 9.26. The van der Waals surface area contributed by atoms with Crippen LogP contribution in [0.15, 0.2) is 54.6 Å². The Kier molecular flexibility index (Phi) is 4.28. The van der Waals surface area contributed by atoms with Gasteiger partial charge in [-0.1, -0.05) is 42.5 Å². The summed E-state index contributed by atoms with van der Waals surface area (Å²) < 4.78 is 1.51. The minimum Gasteiger partial charge on any atom is -0.494 e. The average molecular weight is 365 g/mol. The molecule has 0 saturated heterocycles. The Bertz CT molecular complexity index is 930. The molecule has 1 amide bonds. The second-order valence-electron chi connectivity index (χ2n) is 7.00. The fourth-order valence-corrected chi connectivity index (χ4v) is 4.30. The van der Waals surface area contributed by atoms with Gasteiger partial charge in [0, 0.05) is 35.7 Å². The normalized spacial score (nSPS) is 22.9. The van der Waals surface area contributed by atoms with E-state index in [4.69, 9.17) is 0 Å². The number of aromatic nitrogens is 1. The maximum absolute atomic E-state index is 12.4. The van der Waals surface area contributed by atoms with Gasteiger partial charge in [0.05, 0.1) is 12.6 Å². The summed E-state index contributed by atoms with van der Waals surface area (Å²) in [6.45, 7) is 4.16. The number of nitrogens with zero attached hydrogens (tertiary/aromatic N) is 1. The Morgan fingerprint density at radius 3 is 2.63 bits per heavy atom. The van der Waals surface area contributed by atoms with Gasteiger partial charge >= 0.3 is 0 Å². The molecule has 6 nitrogen and oxygen atoms in total. The highest BCUT2D eigenvalue weighted by Gasteiger charge is 2.47.